The zero-order valence-corrected chi connectivity index (χ0v) is 19.1. The maximum absolute atomic E-state index is 12.0. The lowest BCUT2D eigenvalue weighted by atomic mass is 9.99. The first kappa shape index (κ1) is 23.7. The van der Waals surface area contributed by atoms with E-state index in [0.29, 0.717) is 26.3 Å². The highest BCUT2D eigenvalue weighted by atomic mass is 127. The fourth-order valence-electron chi connectivity index (χ4n) is 3.25. The molecule has 0 aromatic heterocycles. The molecule has 0 aliphatic carbocycles. The summed E-state index contributed by atoms with van der Waals surface area (Å²) < 4.78 is 10.5. The Morgan fingerprint density at radius 3 is 2.59 bits per heavy atom. The van der Waals surface area contributed by atoms with Crippen LogP contribution in [0.2, 0.25) is 0 Å². The Balaban J connectivity index is 0.00000364. The van der Waals surface area contributed by atoms with Gasteiger partial charge in [-0.3, -0.25) is 4.79 Å². The predicted octanol–water partition coefficient (Wildman–Crippen LogP) is 3.05. The number of rotatable bonds is 7. The number of hydrogen-bond acceptors (Lipinski definition) is 4. The summed E-state index contributed by atoms with van der Waals surface area (Å²) in [7, 11) is 1.45. The van der Waals surface area contributed by atoms with E-state index in [1.54, 1.807) is 0 Å². The van der Waals surface area contributed by atoms with Gasteiger partial charge in [0.15, 0.2) is 5.96 Å². The van der Waals surface area contributed by atoms with E-state index in [4.69, 9.17) is 14.5 Å². The fraction of sp³-hybridized carbons (Fsp3) is 0.600. The molecule has 1 aromatic carbocycles. The molecule has 1 N–H and O–H groups in total. The Kier molecular flexibility index (Phi) is 10.7. The van der Waals surface area contributed by atoms with Crippen molar-refractivity contribution in [3.63, 3.8) is 0 Å². The van der Waals surface area contributed by atoms with Gasteiger partial charge in [-0.1, -0.05) is 31.2 Å². The fourth-order valence-corrected chi connectivity index (χ4v) is 3.25. The highest BCUT2D eigenvalue weighted by molar-refractivity contribution is 14.0. The lowest BCUT2D eigenvalue weighted by Crippen LogP contribution is -2.40. The number of methoxy groups -OCH3 is 1. The SMILES string of the molecule is CCNC(=NCc1ccccc1COCC)N1CC(C)C(C(=O)OC)C1.I. The summed E-state index contributed by atoms with van der Waals surface area (Å²) in [6.07, 6.45) is 0. The topological polar surface area (TPSA) is 63.2 Å². The van der Waals surface area contributed by atoms with Gasteiger partial charge < -0.3 is 19.7 Å². The summed E-state index contributed by atoms with van der Waals surface area (Å²) in [6.45, 7) is 10.2. The van der Waals surface area contributed by atoms with Crippen molar-refractivity contribution in [2.45, 2.75) is 33.9 Å². The van der Waals surface area contributed by atoms with Crippen LogP contribution in [0.25, 0.3) is 0 Å². The average Bonchev–Trinajstić information content (AvgIpc) is 3.05. The minimum absolute atomic E-state index is 0. The van der Waals surface area contributed by atoms with Gasteiger partial charge >= 0.3 is 5.97 Å². The van der Waals surface area contributed by atoms with E-state index in [1.807, 2.05) is 19.1 Å². The number of guanidine groups is 1. The molecular formula is C20H32IN3O3. The van der Waals surface area contributed by atoms with E-state index >= 15 is 0 Å². The highest BCUT2D eigenvalue weighted by Gasteiger charge is 2.36. The molecule has 1 aromatic rings. The second-order valence-electron chi connectivity index (χ2n) is 6.59. The van der Waals surface area contributed by atoms with E-state index in [9.17, 15) is 4.79 Å². The van der Waals surface area contributed by atoms with Crippen LogP contribution in [0, 0.1) is 11.8 Å². The number of esters is 1. The highest BCUT2D eigenvalue weighted by Crippen LogP contribution is 2.24. The van der Waals surface area contributed by atoms with Crippen LogP contribution >= 0.6 is 24.0 Å². The third-order valence-electron chi connectivity index (χ3n) is 4.73. The predicted molar refractivity (Wildman–Crippen MR) is 118 cm³/mol. The minimum atomic E-state index is -0.141. The number of aliphatic imine (C=N–C) groups is 1. The number of carbonyl (C=O) groups is 1. The van der Waals surface area contributed by atoms with E-state index in [2.05, 4.69) is 36.2 Å². The van der Waals surface area contributed by atoms with Crippen molar-refractivity contribution >= 4 is 35.9 Å². The molecule has 1 heterocycles. The zero-order valence-electron chi connectivity index (χ0n) is 16.7. The summed E-state index contributed by atoms with van der Waals surface area (Å²) in [5, 5.41) is 3.35. The largest absolute Gasteiger partial charge is 0.469 e. The molecule has 7 heteroatoms. The van der Waals surface area contributed by atoms with Crippen LogP contribution < -0.4 is 5.32 Å². The molecule has 0 amide bonds. The van der Waals surface area contributed by atoms with Crippen molar-refractivity contribution in [1.82, 2.24) is 10.2 Å². The first-order chi connectivity index (χ1) is 12.6. The number of likely N-dealkylation sites (tertiary alicyclic amines) is 1. The van der Waals surface area contributed by atoms with Crippen LogP contribution in [-0.4, -0.2) is 50.2 Å². The third kappa shape index (κ3) is 6.64. The van der Waals surface area contributed by atoms with E-state index in [-0.39, 0.29) is 41.8 Å². The van der Waals surface area contributed by atoms with Crippen LogP contribution in [0.3, 0.4) is 0 Å². The summed E-state index contributed by atoms with van der Waals surface area (Å²) in [5.74, 6) is 0.848. The van der Waals surface area contributed by atoms with Crippen LogP contribution in [0.4, 0.5) is 0 Å². The van der Waals surface area contributed by atoms with Gasteiger partial charge in [-0.15, -0.1) is 24.0 Å². The molecule has 0 saturated carbocycles. The van der Waals surface area contributed by atoms with Gasteiger partial charge in [-0.2, -0.15) is 0 Å². The smallest absolute Gasteiger partial charge is 0.310 e. The van der Waals surface area contributed by atoms with Crippen molar-refractivity contribution in [2.75, 3.05) is 33.4 Å². The quantitative estimate of drug-likeness (QED) is 0.276. The van der Waals surface area contributed by atoms with Crippen molar-refractivity contribution in [1.29, 1.82) is 0 Å². The first-order valence-corrected chi connectivity index (χ1v) is 9.36. The van der Waals surface area contributed by atoms with Gasteiger partial charge in [-0.05, 0) is 30.9 Å². The lowest BCUT2D eigenvalue weighted by Gasteiger charge is -2.21. The Bertz CT molecular complexity index is 624. The second-order valence-corrected chi connectivity index (χ2v) is 6.59. The minimum Gasteiger partial charge on any atom is -0.469 e. The van der Waals surface area contributed by atoms with Gasteiger partial charge in [0.2, 0.25) is 0 Å². The molecule has 0 radical (unpaired) electrons. The zero-order chi connectivity index (χ0) is 18.9. The number of nitrogens with zero attached hydrogens (tertiary/aromatic N) is 2. The Hall–Kier alpha value is -1.35. The first-order valence-electron chi connectivity index (χ1n) is 9.36. The van der Waals surface area contributed by atoms with E-state index in [1.165, 1.54) is 7.11 Å². The van der Waals surface area contributed by atoms with Gasteiger partial charge in [0.1, 0.15) is 0 Å². The molecule has 0 bridgehead atoms. The Morgan fingerprint density at radius 2 is 1.96 bits per heavy atom. The summed E-state index contributed by atoms with van der Waals surface area (Å²) in [6, 6.07) is 8.22. The average molecular weight is 489 g/mol. The molecule has 152 valence electrons. The Labute approximate surface area is 179 Å². The van der Waals surface area contributed by atoms with Crippen molar-refractivity contribution in [3.05, 3.63) is 35.4 Å². The molecule has 1 aliphatic heterocycles. The number of hydrogen-bond donors (Lipinski definition) is 1. The van der Waals surface area contributed by atoms with Gasteiger partial charge in [0.25, 0.3) is 0 Å². The third-order valence-corrected chi connectivity index (χ3v) is 4.73. The van der Waals surface area contributed by atoms with Crippen LogP contribution in [0.1, 0.15) is 31.9 Å². The van der Waals surface area contributed by atoms with Gasteiger partial charge in [0, 0.05) is 26.2 Å². The Morgan fingerprint density at radius 1 is 1.26 bits per heavy atom. The van der Waals surface area contributed by atoms with Crippen LogP contribution in [0.5, 0.6) is 0 Å². The molecule has 1 fully saturated rings. The van der Waals surface area contributed by atoms with Crippen LogP contribution in [-0.2, 0) is 27.4 Å². The van der Waals surface area contributed by atoms with Crippen LogP contribution in [0.15, 0.2) is 29.3 Å². The summed E-state index contributed by atoms with van der Waals surface area (Å²) in [5.41, 5.74) is 2.32. The number of halogens is 1. The van der Waals surface area contributed by atoms with E-state index < -0.39 is 0 Å². The molecular weight excluding hydrogens is 457 g/mol. The van der Waals surface area contributed by atoms with Gasteiger partial charge in [0.05, 0.1) is 26.2 Å². The van der Waals surface area contributed by atoms with E-state index in [0.717, 1.165) is 30.2 Å². The summed E-state index contributed by atoms with van der Waals surface area (Å²) >= 11 is 0. The van der Waals surface area contributed by atoms with Crippen molar-refractivity contribution in [3.8, 4) is 0 Å². The number of ether oxygens (including phenoxy) is 2. The molecule has 2 atom stereocenters. The number of nitrogens with one attached hydrogen (secondary N) is 1. The number of benzene rings is 1. The maximum Gasteiger partial charge on any atom is 0.310 e. The second kappa shape index (κ2) is 12.2. The van der Waals surface area contributed by atoms with Gasteiger partial charge in [-0.25, -0.2) is 4.99 Å². The molecule has 1 aliphatic rings. The lowest BCUT2D eigenvalue weighted by molar-refractivity contribution is -0.145. The standard InChI is InChI=1S/C20H31N3O3.HI/c1-5-21-20(23-12-15(3)18(13-23)19(24)25-4)22-11-16-9-7-8-10-17(16)14-26-6-2;/h7-10,15,18H,5-6,11-14H2,1-4H3,(H,21,22);1H. The molecule has 2 unspecified atom stereocenters. The molecule has 6 nitrogen and oxygen atoms in total. The van der Waals surface area contributed by atoms with Crippen molar-refractivity contribution < 1.29 is 14.3 Å². The molecule has 2 rings (SSSR count). The van der Waals surface area contributed by atoms with Crippen molar-refractivity contribution in [2.24, 2.45) is 16.8 Å². The number of carbonyl (C=O) groups excluding carboxylic acids is 1. The monoisotopic (exact) mass is 489 g/mol. The summed E-state index contributed by atoms with van der Waals surface area (Å²) in [4.78, 5) is 18.9. The molecule has 1 saturated heterocycles. The molecule has 27 heavy (non-hydrogen) atoms. The normalized spacial score (nSPS) is 19.6. The maximum atomic E-state index is 12.0. The molecule has 0 spiro atoms.